The van der Waals surface area contributed by atoms with Gasteiger partial charge in [-0.2, -0.15) is 0 Å². The molecule has 0 aliphatic carbocycles. The van der Waals surface area contributed by atoms with Crippen LogP contribution in [0.4, 0.5) is 0 Å². The van der Waals surface area contributed by atoms with Crippen molar-refractivity contribution < 1.29 is 13.7 Å². The number of ether oxygens (including phenoxy) is 1. The van der Waals surface area contributed by atoms with E-state index in [1.165, 1.54) is 0 Å². The number of rotatable bonds is 3. The van der Waals surface area contributed by atoms with Gasteiger partial charge in [0.05, 0.1) is 0 Å². The van der Waals surface area contributed by atoms with Gasteiger partial charge in [0, 0.05) is 0 Å². The van der Waals surface area contributed by atoms with Crippen molar-refractivity contribution in [3.63, 3.8) is 0 Å². The first kappa shape index (κ1) is 13.4. The van der Waals surface area contributed by atoms with Gasteiger partial charge >= 0.3 is 5.97 Å². The lowest BCUT2D eigenvalue weighted by Crippen LogP contribution is -2.30. The van der Waals surface area contributed by atoms with Gasteiger partial charge in [-0.1, -0.05) is 16.5 Å². The third kappa shape index (κ3) is 5.17. The van der Waals surface area contributed by atoms with Gasteiger partial charge in [-0.25, -0.2) is 0 Å². The van der Waals surface area contributed by atoms with Gasteiger partial charge in [0.1, 0.15) is 11.4 Å². The Morgan fingerprint density at radius 1 is 1.43 bits per heavy atom. The van der Waals surface area contributed by atoms with Gasteiger partial charge < -0.3 is 4.74 Å². The predicted molar refractivity (Wildman–Crippen MR) is 61.0 cm³/mol. The first-order valence-corrected chi connectivity index (χ1v) is 6.83. The molecule has 0 atom stereocenters. The Hall–Kier alpha value is -0.640. The molecule has 14 heavy (non-hydrogen) atoms. The highest BCUT2D eigenvalue weighted by Gasteiger charge is 2.21. The summed E-state index contributed by atoms with van der Waals surface area (Å²) in [6.45, 7) is 10.6. The van der Waals surface area contributed by atoms with E-state index in [1.54, 1.807) is 34.0 Å². The summed E-state index contributed by atoms with van der Waals surface area (Å²) < 4.78 is 16.9. The third-order valence-electron chi connectivity index (χ3n) is 1.66. The number of esters is 1. The highest BCUT2D eigenvalue weighted by atomic mass is 32.2. The normalized spacial score (nSPS) is 13.5. The van der Waals surface area contributed by atoms with E-state index < -0.39 is 21.5 Å². The molecule has 0 unspecified atom stereocenters. The quantitative estimate of drug-likeness (QED) is 0.579. The van der Waals surface area contributed by atoms with Crippen molar-refractivity contribution in [3.8, 4) is 0 Å². The fourth-order valence-electron chi connectivity index (χ4n) is 0.755. The van der Waals surface area contributed by atoms with Crippen molar-refractivity contribution in [1.82, 2.24) is 0 Å². The number of carbonyl (C=O) groups excluding carboxylic acids is 1. The molecule has 4 heteroatoms. The van der Waals surface area contributed by atoms with Gasteiger partial charge in [0.2, 0.25) is 0 Å². The first-order chi connectivity index (χ1) is 6.04. The highest BCUT2D eigenvalue weighted by molar-refractivity contribution is 8.06. The lowest BCUT2D eigenvalue weighted by Gasteiger charge is -2.23. The van der Waals surface area contributed by atoms with Crippen molar-refractivity contribution in [2.24, 2.45) is 0 Å². The van der Waals surface area contributed by atoms with E-state index in [1.807, 2.05) is 0 Å². The van der Waals surface area contributed by atoms with Crippen LogP contribution < -0.4 is 0 Å². The molecule has 0 saturated heterocycles. The Morgan fingerprint density at radius 3 is 2.14 bits per heavy atom. The zero-order chi connectivity index (χ0) is 11.6. The van der Waals surface area contributed by atoms with Crippen LogP contribution >= 0.6 is 0 Å². The maximum atomic E-state index is 11.8. The monoisotopic (exact) mass is 220 g/mol. The van der Waals surface area contributed by atoms with Gasteiger partial charge in [0.25, 0.3) is 0 Å². The zero-order valence-corrected chi connectivity index (χ0v) is 10.5. The molecule has 0 N–H and O–H groups in total. The van der Waals surface area contributed by atoms with Crippen molar-refractivity contribution in [1.29, 1.82) is 0 Å². The average Bonchev–Trinajstić information content (AvgIpc) is 1.79. The Morgan fingerprint density at radius 2 is 1.86 bits per heavy atom. The third-order valence-corrected chi connectivity index (χ3v) is 4.13. The molecule has 0 spiro atoms. The van der Waals surface area contributed by atoms with Crippen LogP contribution in [0.1, 0.15) is 27.7 Å². The number of allylic oxidation sites excluding steroid dienone is 1. The van der Waals surface area contributed by atoms with Crippen LogP contribution in [-0.2, 0) is 19.5 Å². The molecule has 0 aliphatic rings. The number of hydrogen-bond donors (Lipinski definition) is 1. The maximum absolute atomic E-state index is 11.8. The summed E-state index contributed by atoms with van der Waals surface area (Å²) in [6, 6.07) is 0. The van der Waals surface area contributed by atoms with E-state index in [0.717, 1.165) is 0 Å². The standard InChI is InChI=1S/C10H20O3S/c1-8(2)14(6,12)7-9(11)13-10(3,4)5/h14H,1,7H2,2-6H3. The van der Waals surface area contributed by atoms with Crippen LogP contribution in [0.2, 0.25) is 0 Å². The van der Waals surface area contributed by atoms with E-state index in [9.17, 15) is 9.00 Å². The lowest BCUT2D eigenvalue weighted by molar-refractivity contribution is -0.151. The lowest BCUT2D eigenvalue weighted by atomic mass is 10.2. The van der Waals surface area contributed by atoms with Gasteiger partial charge in [0.15, 0.2) is 0 Å². The van der Waals surface area contributed by atoms with Crippen LogP contribution in [0.15, 0.2) is 11.5 Å². The SMILES string of the molecule is C=C(C)[SH](C)(=O)CC(=O)OC(C)(C)C. The second kappa shape index (κ2) is 4.26. The second-order valence-electron chi connectivity index (χ2n) is 4.58. The van der Waals surface area contributed by atoms with E-state index in [-0.39, 0.29) is 5.75 Å². The molecule has 84 valence electrons. The molecule has 0 fully saturated rings. The topological polar surface area (TPSA) is 43.4 Å². The summed E-state index contributed by atoms with van der Waals surface area (Å²) in [4.78, 5) is 11.9. The average molecular weight is 220 g/mol. The van der Waals surface area contributed by atoms with Gasteiger partial charge in [-0.15, -0.1) is 0 Å². The summed E-state index contributed by atoms with van der Waals surface area (Å²) in [5.74, 6) is -0.481. The van der Waals surface area contributed by atoms with Crippen LogP contribution in [0.5, 0.6) is 0 Å². The summed E-state index contributed by atoms with van der Waals surface area (Å²) >= 11 is 0. The largest absolute Gasteiger partial charge is 0.459 e. The predicted octanol–water partition coefficient (Wildman–Crippen LogP) is 1.51. The highest BCUT2D eigenvalue weighted by Crippen LogP contribution is 2.14. The fraction of sp³-hybridized carbons (Fsp3) is 0.700. The van der Waals surface area contributed by atoms with Crippen LogP contribution in [0.3, 0.4) is 0 Å². The molecule has 0 heterocycles. The van der Waals surface area contributed by atoms with Crippen molar-refractivity contribution in [3.05, 3.63) is 11.5 Å². The maximum Gasteiger partial charge on any atom is 0.317 e. The molecule has 0 saturated carbocycles. The molecule has 0 aromatic rings. The minimum absolute atomic E-state index is 0.0559. The van der Waals surface area contributed by atoms with Gasteiger partial charge in [-0.05, 0) is 38.9 Å². The Bertz CT molecular complexity index is 286. The molecule has 0 bridgehead atoms. The Kier molecular flexibility index (Phi) is 4.06. The summed E-state index contributed by atoms with van der Waals surface area (Å²) in [6.07, 6.45) is 1.55. The van der Waals surface area contributed by atoms with Crippen molar-refractivity contribution in [2.45, 2.75) is 33.3 Å². The zero-order valence-electron chi connectivity index (χ0n) is 9.59. The second-order valence-corrected chi connectivity index (χ2v) is 7.86. The minimum atomic E-state index is -2.58. The molecule has 0 amide bonds. The molecule has 0 aromatic carbocycles. The summed E-state index contributed by atoms with van der Waals surface area (Å²) in [7, 11) is -2.58. The van der Waals surface area contributed by atoms with Crippen molar-refractivity contribution in [2.75, 3.05) is 12.0 Å². The van der Waals surface area contributed by atoms with E-state index in [2.05, 4.69) is 6.58 Å². The fourth-order valence-corrected chi connectivity index (χ4v) is 1.58. The van der Waals surface area contributed by atoms with Crippen LogP contribution in [-0.4, -0.2) is 27.8 Å². The number of hydrogen-bond acceptors (Lipinski definition) is 3. The van der Waals surface area contributed by atoms with Crippen molar-refractivity contribution >= 4 is 15.9 Å². The summed E-state index contributed by atoms with van der Waals surface area (Å²) in [5, 5.41) is 0. The van der Waals surface area contributed by atoms with Crippen LogP contribution in [0.25, 0.3) is 0 Å². The molecular formula is C10H20O3S. The molecule has 3 nitrogen and oxygen atoms in total. The van der Waals surface area contributed by atoms with E-state index in [4.69, 9.17) is 4.74 Å². The van der Waals surface area contributed by atoms with Crippen LogP contribution in [0, 0.1) is 0 Å². The Labute approximate surface area is 87.0 Å². The van der Waals surface area contributed by atoms with E-state index >= 15 is 0 Å². The molecule has 0 radical (unpaired) electrons. The van der Waals surface area contributed by atoms with E-state index in [0.29, 0.717) is 4.91 Å². The number of thiol groups is 1. The summed E-state index contributed by atoms with van der Waals surface area (Å²) in [5.41, 5.74) is -0.522. The number of carbonyl (C=O) groups is 1. The molecule has 0 aromatic heterocycles. The molecule has 0 rings (SSSR count). The minimum Gasteiger partial charge on any atom is -0.459 e. The Balaban J connectivity index is 4.35. The molecular weight excluding hydrogens is 200 g/mol. The molecule has 0 aliphatic heterocycles. The first-order valence-electron chi connectivity index (χ1n) is 4.49. The van der Waals surface area contributed by atoms with Gasteiger partial charge in [-0.3, -0.25) is 9.00 Å². The smallest absolute Gasteiger partial charge is 0.317 e.